The summed E-state index contributed by atoms with van der Waals surface area (Å²) < 4.78 is 0. The van der Waals surface area contributed by atoms with Crippen molar-refractivity contribution in [2.24, 2.45) is 0 Å². The summed E-state index contributed by atoms with van der Waals surface area (Å²) in [5, 5.41) is 3.75. The highest BCUT2D eigenvalue weighted by molar-refractivity contribution is 5.59. The van der Waals surface area contributed by atoms with Crippen LogP contribution in [0.3, 0.4) is 0 Å². The van der Waals surface area contributed by atoms with E-state index in [1.54, 1.807) is 0 Å². The minimum absolute atomic E-state index is 0.268. The van der Waals surface area contributed by atoms with Crippen molar-refractivity contribution in [3.05, 3.63) is 88.0 Å². The average molecular weight is 317 g/mol. The number of benzene rings is 2. The predicted octanol–water partition coefficient (Wildman–Crippen LogP) is 6.38. The molecule has 0 saturated carbocycles. The van der Waals surface area contributed by atoms with Gasteiger partial charge in [-0.2, -0.15) is 0 Å². The van der Waals surface area contributed by atoms with Gasteiger partial charge in [-0.15, -0.1) is 0 Å². The fourth-order valence-electron chi connectivity index (χ4n) is 3.75. The van der Waals surface area contributed by atoms with Crippen molar-refractivity contribution in [2.45, 2.75) is 46.6 Å². The summed E-state index contributed by atoms with van der Waals surface area (Å²) >= 11 is 0. The third kappa shape index (κ3) is 3.31. The molecule has 2 aromatic carbocycles. The molecule has 0 amide bonds. The number of aryl methyl sites for hydroxylation is 3. The van der Waals surface area contributed by atoms with Gasteiger partial charge in [0.15, 0.2) is 0 Å². The van der Waals surface area contributed by atoms with Gasteiger partial charge in [-0.25, -0.2) is 0 Å². The number of anilines is 1. The third-order valence-corrected chi connectivity index (χ3v) is 4.87. The predicted molar refractivity (Wildman–Crippen MR) is 105 cm³/mol. The summed E-state index contributed by atoms with van der Waals surface area (Å²) in [6.45, 7) is 11.0. The van der Waals surface area contributed by atoms with Crippen LogP contribution < -0.4 is 5.32 Å². The summed E-state index contributed by atoms with van der Waals surface area (Å²) in [6, 6.07) is 13.6. The Morgan fingerprint density at radius 3 is 2.25 bits per heavy atom. The minimum atomic E-state index is 0.268. The first-order valence-electron chi connectivity index (χ1n) is 8.75. The van der Waals surface area contributed by atoms with E-state index < -0.39 is 0 Å². The van der Waals surface area contributed by atoms with Crippen LogP contribution in [0.4, 0.5) is 5.69 Å². The topological polar surface area (TPSA) is 12.0 Å². The highest BCUT2D eigenvalue weighted by atomic mass is 14.9. The lowest BCUT2D eigenvalue weighted by Crippen LogP contribution is -2.12. The molecule has 0 bridgehead atoms. The van der Waals surface area contributed by atoms with E-state index in [1.807, 2.05) is 0 Å². The normalized spacial score (nSPS) is 17.7. The molecular formula is C23H27N. The number of hydrogen-bond donors (Lipinski definition) is 1. The maximum Gasteiger partial charge on any atom is 0.0488 e. The monoisotopic (exact) mass is 317 g/mol. The molecule has 2 unspecified atom stereocenters. The zero-order valence-electron chi connectivity index (χ0n) is 15.4. The van der Waals surface area contributed by atoms with Crippen LogP contribution in [0.2, 0.25) is 0 Å². The van der Waals surface area contributed by atoms with Crippen molar-refractivity contribution in [3.63, 3.8) is 0 Å². The molecule has 0 aliphatic heterocycles. The van der Waals surface area contributed by atoms with Crippen molar-refractivity contribution >= 4 is 5.69 Å². The van der Waals surface area contributed by atoms with Crippen LogP contribution in [-0.2, 0) is 0 Å². The van der Waals surface area contributed by atoms with Crippen LogP contribution in [0, 0.1) is 20.8 Å². The second-order valence-corrected chi connectivity index (χ2v) is 7.06. The fourth-order valence-corrected chi connectivity index (χ4v) is 3.75. The molecule has 1 aliphatic rings. The second kappa shape index (κ2) is 6.68. The van der Waals surface area contributed by atoms with Crippen LogP contribution in [0.1, 0.15) is 53.6 Å². The van der Waals surface area contributed by atoms with Gasteiger partial charge < -0.3 is 5.32 Å². The number of hydrogen-bond acceptors (Lipinski definition) is 1. The van der Waals surface area contributed by atoms with Crippen LogP contribution in [0.5, 0.6) is 0 Å². The molecule has 1 nitrogen and oxygen atoms in total. The quantitative estimate of drug-likeness (QED) is 0.689. The van der Waals surface area contributed by atoms with Crippen LogP contribution in [0.15, 0.2) is 60.2 Å². The lowest BCUT2D eigenvalue weighted by molar-refractivity contribution is 0.852. The molecule has 124 valence electrons. The summed E-state index contributed by atoms with van der Waals surface area (Å²) in [4.78, 5) is 0. The average Bonchev–Trinajstić information content (AvgIpc) is 2.97. The van der Waals surface area contributed by atoms with E-state index in [0.717, 1.165) is 0 Å². The molecule has 24 heavy (non-hydrogen) atoms. The van der Waals surface area contributed by atoms with E-state index in [1.165, 1.54) is 39.1 Å². The zero-order chi connectivity index (χ0) is 17.3. The summed E-state index contributed by atoms with van der Waals surface area (Å²) in [5.74, 6) is 0.394. The van der Waals surface area contributed by atoms with Crippen molar-refractivity contribution in [1.82, 2.24) is 0 Å². The van der Waals surface area contributed by atoms with Crippen molar-refractivity contribution in [2.75, 3.05) is 5.32 Å². The van der Waals surface area contributed by atoms with Crippen LogP contribution in [-0.4, -0.2) is 0 Å². The molecule has 0 heterocycles. The lowest BCUT2D eigenvalue weighted by atomic mass is 9.91. The van der Waals surface area contributed by atoms with E-state index >= 15 is 0 Å². The molecule has 2 aromatic rings. The molecule has 1 aliphatic carbocycles. The maximum atomic E-state index is 3.75. The highest BCUT2D eigenvalue weighted by Crippen LogP contribution is 2.34. The van der Waals surface area contributed by atoms with Gasteiger partial charge in [0, 0.05) is 17.6 Å². The summed E-state index contributed by atoms with van der Waals surface area (Å²) in [6.07, 6.45) is 6.85. The summed E-state index contributed by atoms with van der Waals surface area (Å²) in [5.41, 5.74) is 9.32. The highest BCUT2D eigenvalue weighted by Gasteiger charge is 2.18. The number of rotatable bonds is 4. The molecule has 0 spiro atoms. The molecule has 3 rings (SSSR count). The van der Waals surface area contributed by atoms with Crippen molar-refractivity contribution in [1.29, 1.82) is 0 Å². The van der Waals surface area contributed by atoms with Crippen molar-refractivity contribution in [3.8, 4) is 0 Å². The largest absolute Gasteiger partial charge is 0.378 e. The van der Waals surface area contributed by atoms with Crippen LogP contribution >= 0.6 is 0 Å². The Morgan fingerprint density at radius 1 is 0.958 bits per heavy atom. The minimum Gasteiger partial charge on any atom is -0.378 e. The Balaban J connectivity index is 1.92. The molecular weight excluding hydrogens is 290 g/mol. The van der Waals surface area contributed by atoms with E-state index in [4.69, 9.17) is 0 Å². The standard InChI is InChI=1S/C23H27N/c1-15-10-11-20(14-15)22-9-7-6-8-21(22)19(5)24-23-17(3)12-16(2)13-18(23)4/h6-14,19-20,24H,1-5H3. The molecule has 0 radical (unpaired) electrons. The first-order valence-corrected chi connectivity index (χ1v) is 8.75. The molecule has 1 N–H and O–H groups in total. The smallest absolute Gasteiger partial charge is 0.0488 e. The molecule has 0 saturated heterocycles. The Kier molecular flexibility index (Phi) is 4.62. The number of nitrogens with one attached hydrogen (secondary N) is 1. The summed E-state index contributed by atoms with van der Waals surface area (Å²) in [7, 11) is 0. The third-order valence-electron chi connectivity index (χ3n) is 4.87. The lowest BCUT2D eigenvalue weighted by Gasteiger charge is -2.23. The van der Waals surface area contributed by atoms with Gasteiger partial charge in [0.05, 0.1) is 0 Å². The van der Waals surface area contributed by atoms with Gasteiger partial charge in [-0.05, 0) is 56.9 Å². The van der Waals surface area contributed by atoms with Gasteiger partial charge in [-0.3, -0.25) is 0 Å². The molecule has 1 heteroatoms. The molecule has 0 aromatic heterocycles. The first kappa shape index (κ1) is 16.6. The maximum absolute atomic E-state index is 3.75. The van der Waals surface area contributed by atoms with E-state index in [0.29, 0.717) is 5.92 Å². The van der Waals surface area contributed by atoms with Crippen molar-refractivity contribution < 1.29 is 0 Å². The van der Waals surface area contributed by atoms with Gasteiger partial charge in [0.2, 0.25) is 0 Å². The van der Waals surface area contributed by atoms with Gasteiger partial charge >= 0.3 is 0 Å². The SMILES string of the molecule is CC1=CC(c2ccccc2C(C)Nc2c(C)cc(C)cc2C)C=C1. The first-order chi connectivity index (χ1) is 11.5. The molecule has 0 fully saturated rings. The molecule has 2 atom stereocenters. The van der Waals surface area contributed by atoms with Gasteiger partial charge in [0.1, 0.15) is 0 Å². The van der Waals surface area contributed by atoms with Gasteiger partial charge in [0.25, 0.3) is 0 Å². The second-order valence-electron chi connectivity index (χ2n) is 7.06. The van der Waals surface area contributed by atoms with Crippen LogP contribution in [0.25, 0.3) is 0 Å². The van der Waals surface area contributed by atoms with Gasteiger partial charge in [-0.1, -0.05) is 65.8 Å². The Labute approximate surface area is 146 Å². The Morgan fingerprint density at radius 2 is 1.62 bits per heavy atom. The van der Waals surface area contributed by atoms with E-state index in [9.17, 15) is 0 Å². The zero-order valence-corrected chi connectivity index (χ0v) is 15.4. The fraction of sp³-hybridized carbons (Fsp3) is 0.304. The Hall–Kier alpha value is -2.28. The van der Waals surface area contributed by atoms with E-state index in [-0.39, 0.29) is 6.04 Å². The number of allylic oxidation sites excluding steroid dienone is 4. The Bertz CT molecular complexity index is 788. The van der Waals surface area contributed by atoms with E-state index in [2.05, 4.69) is 94.6 Å².